The number of carbonyl (C=O) groups is 1. The third-order valence-corrected chi connectivity index (χ3v) is 4.85. The van der Waals surface area contributed by atoms with Gasteiger partial charge in [0.1, 0.15) is 5.82 Å². The molecule has 8 nitrogen and oxygen atoms in total. The van der Waals surface area contributed by atoms with Crippen LogP contribution in [-0.2, 0) is 6.18 Å². The van der Waals surface area contributed by atoms with Gasteiger partial charge in [0.15, 0.2) is 0 Å². The van der Waals surface area contributed by atoms with Crippen LogP contribution in [0.25, 0.3) is 4.96 Å². The summed E-state index contributed by atoms with van der Waals surface area (Å²) >= 11 is 0.794. The van der Waals surface area contributed by atoms with Crippen molar-refractivity contribution in [3.63, 3.8) is 0 Å². The maximum Gasteiger partial charge on any atom is 0.453 e. The van der Waals surface area contributed by atoms with Crippen molar-refractivity contribution in [3.8, 4) is 0 Å². The number of anilines is 1. The van der Waals surface area contributed by atoms with E-state index in [-0.39, 0.29) is 9.97 Å². The van der Waals surface area contributed by atoms with Crippen molar-refractivity contribution in [3.05, 3.63) is 35.2 Å². The average Bonchev–Trinajstić information content (AvgIpc) is 3.22. The molecule has 1 aliphatic heterocycles. The van der Waals surface area contributed by atoms with E-state index in [1.165, 1.54) is 0 Å². The van der Waals surface area contributed by atoms with Crippen LogP contribution >= 0.6 is 11.3 Å². The molecule has 1 fully saturated rings. The third kappa shape index (κ3) is 2.96. The lowest BCUT2D eigenvalue weighted by Crippen LogP contribution is -2.49. The molecule has 0 aliphatic carbocycles. The first-order chi connectivity index (χ1) is 12.4. The second-order valence-electron chi connectivity index (χ2n) is 5.59. The van der Waals surface area contributed by atoms with Gasteiger partial charge in [0.2, 0.25) is 9.97 Å². The molecule has 0 bridgehead atoms. The Bertz CT molecular complexity index is 931. The maximum atomic E-state index is 12.9. The number of carbonyl (C=O) groups excluding carboxylic acids is 1. The number of hydrogen-bond acceptors (Lipinski definition) is 7. The summed E-state index contributed by atoms with van der Waals surface area (Å²) in [4.78, 5) is 20.4. The summed E-state index contributed by atoms with van der Waals surface area (Å²) < 4.78 is 39.1. The molecule has 136 valence electrons. The Morgan fingerprint density at radius 2 is 1.88 bits per heavy atom. The predicted molar refractivity (Wildman–Crippen MR) is 86.0 cm³/mol. The van der Waals surface area contributed by atoms with Crippen LogP contribution in [0, 0.1) is 0 Å². The minimum Gasteiger partial charge on any atom is -0.353 e. The van der Waals surface area contributed by atoms with Crippen molar-refractivity contribution in [2.75, 3.05) is 31.1 Å². The summed E-state index contributed by atoms with van der Waals surface area (Å²) in [5.41, 5.74) is 0. The lowest BCUT2D eigenvalue weighted by Gasteiger charge is -2.34. The quantitative estimate of drug-likeness (QED) is 0.668. The summed E-state index contributed by atoms with van der Waals surface area (Å²) in [6.45, 7) is 2.03. The van der Waals surface area contributed by atoms with Gasteiger partial charge in [0, 0.05) is 32.4 Å². The molecule has 1 saturated heterocycles. The highest BCUT2D eigenvalue weighted by molar-refractivity contribution is 7.18. The Kier molecular flexibility index (Phi) is 3.98. The van der Waals surface area contributed by atoms with E-state index in [4.69, 9.17) is 0 Å². The molecular formula is C14H12F3N7OS. The Morgan fingerprint density at radius 1 is 1.12 bits per heavy atom. The lowest BCUT2D eigenvalue weighted by atomic mass is 10.3. The number of hydrogen-bond donors (Lipinski definition) is 0. The molecule has 26 heavy (non-hydrogen) atoms. The third-order valence-electron chi connectivity index (χ3n) is 3.97. The van der Waals surface area contributed by atoms with Crippen LogP contribution in [0.5, 0.6) is 0 Å². The Hall–Kier alpha value is -2.76. The first kappa shape index (κ1) is 16.7. The van der Waals surface area contributed by atoms with Crippen LogP contribution in [0.2, 0.25) is 0 Å². The standard InChI is InChI=1S/C14H12F3N7OS/c15-14(16,17)12-19-20-13-24(12)21-10(26-13)11(25)23-7-5-22(6-8-23)9-3-1-2-4-18-9/h1-4H,5-8H2. The number of piperazine rings is 1. The molecule has 0 atom stereocenters. The first-order valence-corrected chi connectivity index (χ1v) is 8.50. The molecule has 0 spiro atoms. The van der Waals surface area contributed by atoms with Crippen LogP contribution < -0.4 is 4.90 Å². The van der Waals surface area contributed by atoms with E-state index in [1.807, 2.05) is 23.1 Å². The van der Waals surface area contributed by atoms with Gasteiger partial charge in [0.25, 0.3) is 11.7 Å². The van der Waals surface area contributed by atoms with Gasteiger partial charge in [-0.2, -0.15) is 17.7 Å². The SMILES string of the molecule is O=C(c1nn2c(C(F)(F)F)nnc2s1)N1CCN(c2ccccn2)CC1. The number of alkyl halides is 3. The van der Waals surface area contributed by atoms with Gasteiger partial charge in [-0.15, -0.1) is 15.3 Å². The van der Waals surface area contributed by atoms with Gasteiger partial charge < -0.3 is 9.80 Å². The number of halogens is 3. The van der Waals surface area contributed by atoms with Gasteiger partial charge in [-0.1, -0.05) is 17.4 Å². The van der Waals surface area contributed by atoms with Crippen LogP contribution in [-0.4, -0.2) is 61.8 Å². The normalized spacial score (nSPS) is 15.7. The Labute approximate surface area is 148 Å². The fourth-order valence-electron chi connectivity index (χ4n) is 2.69. The molecule has 1 amide bonds. The van der Waals surface area contributed by atoms with Crippen LogP contribution in [0.4, 0.5) is 19.0 Å². The zero-order valence-corrected chi connectivity index (χ0v) is 14.0. The van der Waals surface area contributed by atoms with Crippen LogP contribution in [0.1, 0.15) is 15.6 Å². The summed E-state index contributed by atoms with van der Waals surface area (Å²) in [6, 6.07) is 5.60. The van der Waals surface area contributed by atoms with Gasteiger partial charge in [-0.3, -0.25) is 4.79 Å². The molecule has 0 saturated carbocycles. The van der Waals surface area contributed by atoms with E-state index in [2.05, 4.69) is 20.3 Å². The number of fused-ring (bicyclic) bond motifs is 1. The fraction of sp³-hybridized carbons (Fsp3) is 0.357. The van der Waals surface area contributed by atoms with E-state index in [9.17, 15) is 18.0 Å². The molecule has 4 rings (SSSR count). The van der Waals surface area contributed by atoms with Gasteiger partial charge >= 0.3 is 6.18 Å². The van der Waals surface area contributed by atoms with Gasteiger partial charge in [-0.05, 0) is 12.1 Å². The van der Waals surface area contributed by atoms with Crippen LogP contribution in [0.3, 0.4) is 0 Å². The molecular weight excluding hydrogens is 371 g/mol. The minimum atomic E-state index is -4.68. The largest absolute Gasteiger partial charge is 0.453 e. The number of aromatic nitrogens is 5. The summed E-state index contributed by atoms with van der Waals surface area (Å²) in [5, 5.41) is 10.3. The minimum absolute atomic E-state index is 0.0355. The predicted octanol–water partition coefficient (Wildman–Crippen LogP) is 1.56. The van der Waals surface area contributed by atoms with Gasteiger partial charge in [-0.25, -0.2) is 4.98 Å². The van der Waals surface area contributed by atoms with Gasteiger partial charge in [0.05, 0.1) is 0 Å². The van der Waals surface area contributed by atoms with Crippen molar-refractivity contribution in [2.45, 2.75) is 6.18 Å². The lowest BCUT2D eigenvalue weighted by molar-refractivity contribution is -0.146. The monoisotopic (exact) mass is 383 g/mol. The smallest absolute Gasteiger partial charge is 0.353 e. The Balaban J connectivity index is 1.49. The van der Waals surface area contributed by atoms with E-state index in [1.54, 1.807) is 11.1 Å². The number of rotatable bonds is 2. The first-order valence-electron chi connectivity index (χ1n) is 7.68. The molecule has 3 aromatic heterocycles. The highest BCUT2D eigenvalue weighted by Gasteiger charge is 2.39. The topological polar surface area (TPSA) is 79.5 Å². The zero-order chi connectivity index (χ0) is 18.3. The zero-order valence-electron chi connectivity index (χ0n) is 13.2. The second kappa shape index (κ2) is 6.20. The van der Waals surface area contributed by atoms with Crippen LogP contribution in [0.15, 0.2) is 24.4 Å². The Morgan fingerprint density at radius 3 is 2.54 bits per heavy atom. The summed E-state index contributed by atoms with van der Waals surface area (Å²) in [6.07, 6.45) is -2.98. The molecule has 12 heteroatoms. The second-order valence-corrected chi connectivity index (χ2v) is 6.55. The molecule has 0 N–H and O–H groups in total. The van der Waals surface area contributed by atoms with Crippen molar-refractivity contribution >= 4 is 28.0 Å². The van der Waals surface area contributed by atoms with Crippen molar-refractivity contribution in [1.29, 1.82) is 0 Å². The molecule has 0 aromatic carbocycles. The highest BCUT2D eigenvalue weighted by atomic mass is 32.1. The highest BCUT2D eigenvalue weighted by Crippen LogP contribution is 2.29. The number of amides is 1. The summed E-state index contributed by atoms with van der Waals surface area (Å²) in [7, 11) is 0. The van der Waals surface area contributed by atoms with Crippen molar-refractivity contribution in [2.24, 2.45) is 0 Å². The number of nitrogens with zero attached hydrogens (tertiary/aromatic N) is 7. The van der Waals surface area contributed by atoms with E-state index < -0.39 is 17.9 Å². The van der Waals surface area contributed by atoms with E-state index >= 15 is 0 Å². The molecule has 1 aliphatic rings. The average molecular weight is 383 g/mol. The van der Waals surface area contributed by atoms with Crippen molar-refractivity contribution < 1.29 is 18.0 Å². The summed E-state index contributed by atoms with van der Waals surface area (Å²) in [5.74, 6) is -0.815. The van der Waals surface area contributed by atoms with E-state index in [0.29, 0.717) is 30.7 Å². The molecule has 4 heterocycles. The molecule has 0 radical (unpaired) electrons. The van der Waals surface area contributed by atoms with Crippen molar-refractivity contribution in [1.82, 2.24) is 29.7 Å². The molecule has 0 unspecified atom stereocenters. The maximum absolute atomic E-state index is 12.9. The number of pyridine rings is 1. The van der Waals surface area contributed by atoms with E-state index in [0.717, 1.165) is 17.2 Å². The fourth-order valence-corrected chi connectivity index (χ4v) is 3.50. The molecule has 3 aromatic rings.